The number of aliphatic imine (C=N–C) groups is 1. The van der Waals surface area contributed by atoms with Crippen LogP contribution in [0.1, 0.15) is 23.2 Å². The Hall–Kier alpha value is -4.50. The van der Waals surface area contributed by atoms with Gasteiger partial charge in [-0.25, -0.2) is 24.8 Å². The van der Waals surface area contributed by atoms with E-state index >= 15 is 0 Å². The number of rotatable bonds is 6. The average Bonchev–Trinajstić information content (AvgIpc) is 3.30. The summed E-state index contributed by atoms with van der Waals surface area (Å²) in [6.07, 6.45) is 2.98. The summed E-state index contributed by atoms with van der Waals surface area (Å²) >= 11 is 0. The van der Waals surface area contributed by atoms with Crippen LogP contribution in [0.4, 0.5) is 15.9 Å². The molecule has 1 aliphatic heterocycles. The topological polar surface area (TPSA) is 108 Å². The maximum atomic E-state index is 13.3. The Morgan fingerprint density at radius 1 is 1.09 bits per heavy atom. The van der Waals surface area contributed by atoms with Crippen molar-refractivity contribution in [1.82, 2.24) is 20.8 Å². The van der Waals surface area contributed by atoms with E-state index in [1.54, 1.807) is 24.3 Å². The lowest BCUT2D eigenvalue weighted by atomic mass is 10.0. The highest BCUT2D eigenvalue weighted by atomic mass is 19.1. The molecular weight excluding hydrogens is 447 g/mol. The lowest BCUT2D eigenvalue weighted by Gasteiger charge is -2.09. The van der Waals surface area contributed by atoms with Gasteiger partial charge in [0.05, 0.1) is 5.52 Å². The molecule has 174 valence electrons. The van der Waals surface area contributed by atoms with Crippen molar-refractivity contribution in [3.8, 4) is 11.1 Å². The maximum Gasteiger partial charge on any atom is 0.226 e. The summed E-state index contributed by atoms with van der Waals surface area (Å²) in [5, 5.41) is 3.49. The first-order valence-electron chi connectivity index (χ1n) is 11.0. The lowest BCUT2D eigenvalue weighted by Crippen LogP contribution is -2.34. The van der Waals surface area contributed by atoms with Crippen LogP contribution in [-0.4, -0.2) is 34.0 Å². The standard InChI is InChI=1S/C26H21FN6O2/c27-19-2-1-3-20(11-19)30-25(35)13-21-12-24(33-32-21)31-26-22-9-8-18(10-23(22)28-15-29-26)17-6-4-16(14-34)5-7-17/h1-11,14-15,21,32H,12-13H2,(H,30,35)(H,28,29,31,33). The molecule has 35 heavy (non-hydrogen) atoms. The minimum absolute atomic E-state index is 0.170. The van der Waals surface area contributed by atoms with Crippen LogP contribution in [0.3, 0.4) is 0 Å². The number of hydrogen-bond donors (Lipinski definition) is 3. The molecule has 2 heterocycles. The number of carbonyl (C=O) groups is 2. The summed E-state index contributed by atoms with van der Waals surface area (Å²) in [7, 11) is 0. The quantitative estimate of drug-likeness (QED) is 0.367. The van der Waals surface area contributed by atoms with Crippen molar-refractivity contribution in [2.24, 2.45) is 4.99 Å². The molecule has 0 aliphatic carbocycles. The van der Waals surface area contributed by atoms with Crippen LogP contribution in [0.2, 0.25) is 0 Å². The van der Waals surface area contributed by atoms with Crippen molar-refractivity contribution in [2.45, 2.75) is 18.9 Å². The third-order valence-electron chi connectivity index (χ3n) is 5.64. The Labute approximate surface area is 200 Å². The van der Waals surface area contributed by atoms with Crippen LogP contribution in [0.25, 0.3) is 22.0 Å². The molecule has 1 amide bonds. The fraction of sp³-hybridized carbons (Fsp3) is 0.115. The second-order valence-corrected chi connectivity index (χ2v) is 8.16. The number of nitrogens with zero attached hydrogens (tertiary/aromatic N) is 3. The number of carbonyl (C=O) groups excluding carboxylic acids is 2. The van der Waals surface area contributed by atoms with Gasteiger partial charge in [-0.15, -0.1) is 0 Å². The Morgan fingerprint density at radius 2 is 1.91 bits per heavy atom. The molecule has 1 saturated heterocycles. The number of anilines is 1. The highest BCUT2D eigenvalue weighted by molar-refractivity contribution is 5.96. The molecule has 8 nitrogen and oxygen atoms in total. The van der Waals surface area contributed by atoms with Gasteiger partial charge in [0, 0.05) is 35.5 Å². The van der Waals surface area contributed by atoms with Crippen LogP contribution >= 0.6 is 0 Å². The predicted molar refractivity (Wildman–Crippen MR) is 132 cm³/mol. The fourth-order valence-corrected chi connectivity index (χ4v) is 3.91. The minimum Gasteiger partial charge on any atom is -0.326 e. The van der Waals surface area contributed by atoms with Crippen LogP contribution in [0.5, 0.6) is 0 Å². The third-order valence-corrected chi connectivity index (χ3v) is 5.64. The van der Waals surface area contributed by atoms with E-state index in [-0.39, 0.29) is 18.4 Å². The number of fused-ring (bicyclic) bond motifs is 1. The molecular formula is C26H21FN6O2. The van der Waals surface area contributed by atoms with E-state index < -0.39 is 5.82 Å². The van der Waals surface area contributed by atoms with Crippen molar-refractivity contribution in [1.29, 1.82) is 0 Å². The zero-order valence-electron chi connectivity index (χ0n) is 18.5. The number of amides is 1. The highest BCUT2D eigenvalue weighted by Crippen LogP contribution is 2.28. The number of hydrazine groups is 1. The van der Waals surface area contributed by atoms with Gasteiger partial charge in [-0.05, 0) is 41.5 Å². The zero-order valence-corrected chi connectivity index (χ0v) is 18.5. The molecule has 1 atom stereocenters. The molecule has 9 heteroatoms. The van der Waals surface area contributed by atoms with Gasteiger partial charge in [-0.2, -0.15) is 0 Å². The van der Waals surface area contributed by atoms with E-state index in [1.165, 1.54) is 18.5 Å². The summed E-state index contributed by atoms with van der Waals surface area (Å²) in [6, 6.07) is 18.8. The first-order valence-corrected chi connectivity index (χ1v) is 11.0. The van der Waals surface area contributed by atoms with Gasteiger partial charge < -0.3 is 10.7 Å². The molecule has 3 aromatic carbocycles. The van der Waals surface area contributed by atoms with E-state index in [1.807, 2.05) is 30.3 Å². The van der Waals surface area contributed by atoms with Gasteiger partial charge in [-0.1, -0.05) is 36.4 Å². The van der Waals surface area contributed by atoms with Gasteiger partial charge >= 0.3 is 0 Å². The molecule has 0 spiro atoms. The Morgan fingerprint density at radius 3 is 2.71 bits per heavy atom. The number of amidine groups is 1. The molecule has 1 aromatic heterocycles. The van der Waals surface area contributed by atoms with Gasteiger partial charge in [-0.3, -0.25) is 9.59 Å². The van der Waals surface area contributed by atoms with Gasteiger partial charge in [0.1, 0.15) is 24.3 Å². The Balaban J connectivity index is 1.28. The van der Waals surface area contributed by atoms with Crippen LogP contribution < -0.4 is 16.2 Å². The largest absolute Gasteiger partial charge is 0.326 e. The molecule has 4 aromatic rings. The van der Waals surface area contributed by atoms with E-state index in [0.717, 1.165) is 28.3 Å². The number of benzene rings is 3. The molecule has 5 rings (SSSR count). The molecule has 1 aliphatic rings. The van der Waals surface area contributed by atoms with Crippen LogP contribution in [0, 0.1) is 5.82 Å². The lowest BCUT2D eigenvalue weighted by molar-refractivity contribution is -0.116. The minimum atomic E-state index is -0.405. The van der Waals surface area contributed by atoms with E-state index in [2.05, 4.69) is 31.1 Å². The summed E-state index contributed by atoms with van der Waals surface area (Å²) in [5.74, 6) is 0.546. The first-order chi connectivity index (χ1) is 17.1. The van der Waals surface area contributed by atoms with Crippen molar-refractivity contribution in [3.05, 3.63) is 84.4 Å². The number of aldehydes is 1. The smallest absolute Gasteiger partial charge is 0.226 e. The summed E-state index contributed by atoms with van der Waals surface area (Å²) in [4.78, 5) is 36.6. The van der Waals surface area contributed by atoms with E-state index in [4.69, 9.17) is 0 Å². The van der Waals surface area contributed by atoms with Crippen molar-refractivity contribution in [2.75, 3.05) is 5.32 Å². The van der Waals surface area contributed by atoms with Crippen LogP contribution in [-0.2, 0) is 4.79 Å². The summed E-state index contributed by atoms with van der Waals surface area (Å²) in [5.41, 5.74) is 9.81. The second kappa shape index (κ2) is 9.78. The van der Waals surface area contributed by atoms with Crippen molar-refractivity contribution in [3.63, 3.8) is 0 Å². The Kier molecular flexibility index (Phi) is 6.23. The van der Waals surface area contributed by atoms with Crippen molar-refractivity contribution < 1.29 is 14.0 Å². The molecule has 1 fully saturated rings. The highest BCUT2D eigenvalue weighted by Gasteiger charge is 2.23. The normalized spacial score (nSPS) is 16.3. The van der Waals surface area contributed by atoms with Gasteiger partial charge in [0.15, 0.2) is 5.82 Å². The monoisotopic (exact) mass is 468 g/mol. The fourth-order valence-electron chi connectivity index (χ4n) is 3.91. The van der Waals surface area contributed by atoms with E-state index in [0.29, 0.717) is 29.3 Å². The number of halogens is 1. The molecule has 0 saturated carbocycles. The van der Waals surface area contributed by atoms with Gasteiger partial charge in [0.2, 0.25) is 5.91 Å². The maximum absolute atomic E-state index is 13.3. The van der Waals surface area contributed by atoms with E-state index in [9.17, 15) is 14.0 Å². The summed E-state index contributed by atoms with van der Waals surface area (Å²) < 4.78 is 13.3. The first kappa shape index (κ1) is 22.3. The Bertz CT molecular complexity index is 1440. The SMILES string of the molecule is O=Cc1ccc(-c2ccc3c(N=C4CC(CC(=O)Nc5cccc(F)c5)NN4)ncnc3c2)cc1. The zero-order chi connectivity index (χ0) is 24.2. The number of nitrogens with one attached hydrogen (secondary N) is 3. The van der Waals surface area contributed by atoms with Gasteiger partial charge in [0.25, 0.3) is 0 Å². The predicted octanol–water partition coefficient (Wildman–Crippen LogP) is 4.17. The molecule has 0 bridgehead atoms. The second-order valence-electron chi connectivity index (χ2n) is 8.16. The number of hydrogen-bond acceptors (Lipinski definition) is 6. The number of aromatic nitrogens is 2. The molecule has 1 unspecified atom stereocenters. The summed E-state index contributed by atoms with van der Waals surface area (Å²) in [6.45, 7) is 0. The molecule has 0 radical (unpaired) electrons. The average molecular weight is 468 g/mol. The van der Waals surface area contributed by atoms with Crippen LogP contribution in [0.15, 0.2) is 78.0 Å². The molecule has 3 N–H and O–H groups in total. The third kappa shape index (κ3) is 5.20. The van der Waals surface area contributed by atoms with Crippen molar-refractivity contribution >= 4 is 40.4 Å².